The Labute approximate surface area is 78.2 Å². The van der Waals surface area contributed by atoms with Crippen molar-refractivity contribution in [1.82, 2.24) is 4.98 Å². The zero-order chi connectivity index (χ0) is 9.68. The zero-order valence-electron chi connectivity index (χ0n) is 7.67. The van der Waals surface area contributed by atoms with Crippen molar-refractivity contribution in [3.05, 3.63) is 43.4 Å². The molecule has 0 bridgehead atoms. The van der Waals surface area contributed by atoms with Gasteiger partial charge in [-0.25, -0.2) is 0 Å². The van der Waals surface area contributed by atoms with Crippen molar-refractivity contribution in [2.45, 2.75) is 0 Å². The second-order valence-electron chi connectivity index (χ2n) is 2.53. The largest absolute Gasteiger partial charge is 0.386 e. The lowest BCUT2D eigenvalue weighted by Crippen LogP contribution is -2.00. The molecule has 13 heavy (non-hydrogen) atoms. The van der Waals surface area contributed by atoms with Crippen LogP contribution in [-0.2, 0) is 0 Å². The maximum Gasteiger partial charge on any atom is 0.0806 e. The van der Waals surface area contributed by atoms with Crippen LogP contribution in [0.1, 0.15) is 0 Å². The van der Waals surface area contributed by atoms with E-state index >= 15 is 0 Å². The molecule has 0 aliphatic carbocycles. The summed E-state index contributed by atoms with van der Waals surface area (Å²) in [5, 5.41) is 6.12. The smallest absolute Gasteiger partial charge is 0.0806 e. The van der Waals surface area contributed by atoms with E-state index < -0.39 is 0 Å². The van der Waals surface area contributed by atoms with Crippen molar-refractivity contribution in [3.63, 3.8) is 0 Å². The molecule has 0 aliphatic heterocycles. The summed E-state index contributed by atoms with van der Waals surface area (Å²) in [5.41, 5.74) is 2.64. The van der Waals surface area contributed by atoms with Gasteiger partial charge in [0.25, 0.3) is 0 Å². The molecule has 0 saturated heterocycles. The molecule has 3 heteroatoms. The van der Waals surface area contributed by atoms with Crippen molar-refractivity contribution in [1.29, 1.82) is 0 Å². The van der Waals surface area contributed by atoms with Gasteiger partial charge in [-0.3, -0.25) is 4.98 Å². The maximum absolute atomic E-state index is 4.00. The van der Waals surface area contributed by atoms with Gasteiger partial charge in [0.2, 0.25) is 0 Å². The maximum atomic E-state index is 4.00. The van der Waals surface area contributed by atoms with Gasteiger partial charge < -0.3 is 10.6 Å². The third-order valence-corrected chi connectivity index (χ3v) is 1.63. The van der Waals surface area contributed by atoms with Gasteiger partial charge in [-0.1, -0.05) is 13.2 Å². The molecule has 0 fully saturated rings. The van der Waals surface area contributed by atoms with Crippen LogP contribution >= 0.6 is 0 Å². The minimum atomic E-state index is 0.754. The normalized spacial score (nSPS) is 9.00. The summed E-state index contributed by atoms with van der Waals surface area (Å²) in [5.74, 6) is 0. The number of hydrogen-bond donors (Lipinski definition) is 2. The molecule has 0 spiro atoms. The van der Waals surface area contributed by atoms with Crippen molar-refractivity contribution < 1.29 is 0 Å². The number of rotatable bonds is 4. The molecule has 0 aromatic carbocycles. The minimum absolute atomic E-state index is 0.754. The third-order valence-electron chi connectivity index (χ3n) is 1.63. The molecule has 0 unspecified atom stereocenters. The first-order chi connectivity index (χ1) is 6.27. The van der Waals surface area contributed by atoms with E-state index in [1.165, 1.54) is 0 Å². The van der Waals surface area contributed by atoms with E-state index in [2.05, 4.69) is 28.8 Å². The predicted octanol–water partition coefficient (Wildman–Crippen LogP) is 2.23. The van der Waals surface area contributed by atoms with Gasteiger partial charge in [-0.2, -0.15) is 0 Å². The number of nitrogens with zero attached hydrogens (tertiary/aromatic N) is 1. The first kappa shape index (κ1) is 9.32. The second kappa shape index (κ2) is 4.30. The molecule has 0 atom stereocenters. The molecule has 1 aromatic rings. The third kappa shape index (κ3) is 2.33. The number of aromatic nitrogens is 1. The Hall–Kier alpha value is -1.77. The molecule has 2 N–H and O–H groups in total. The van der Waals surface area contributed by atoms with Gasteiger partial charge in [-0.15, -0.1) is 0 Å². The van der Waals surface area contributed by atoms with Gasteiger partial charge in [-0.05, 0) is 12.1 Å². The highest BCUT2D eigenvalue weighted by atomic mass is 15.0. The number of hydrogen-bond acceptors (Lipinski definition) is 3. The number of nitrogens with one attached hydrogen (secondary N) is 2. The van der Waals surface area contributed by atoms with Crippen molar-refractivity contribution >= 4 is 11.4 Å². The SMILES string of the molecule is C=CC(=C)Nc1cnccc1NC. The molecule has 3 nitrogen and oxygen atoms in total. The molecular formula is C10H13N3. The lowest BCUT2D eigenvalue weighted by atomic mass is 10.3. The number of allylic oxidation sites excluding steroid dienone is 1. The van der Waals surface area contributed by atoms with Crippen LogP contribution in [0.2, 0.25) is 0 Å². The van der Waals surface area contributed by atoms with Gasteiger partial charge in [0, 0.05) is 18.9 Å². The van der Waals surface area contributed by atoms with Crippen molar-refractivity contribution in [2.24, 2.45) is 0 Å². The van der Waals surface area contributed by atoms with Gasteiger partial charge in [0.05, 0.1) is 17.6 Å². The van der Waals surface area contributed by atoms with E-state index in [0.717, 1.165) is 17.1 Å². The van der Waals surface area contributed by atoms with E-state index in [0.29, 0.717) is 0 Å². The van der Waals surface area contributed by atoms with E-state index in [1.807, 2.05) is 13.1 Å². The first-order valence-electron chi connectivity index (χ1n) is 3.98. The standard InChI is InChI=1S/C10H13N3/c1-4-8(2)13-10-7-12-6-5-9(10)11-3/h4-7,13H,1-2H2,3H3,(H,11,12). The number of pyridine rings is 1. The molecular weight excluding hydrogens is 162 g/mol. The first-order valence-corrected chi connectivity index (χ1v) is 3.98. The fraction of sp³-hybridized carbons (Fsp3) is 0.100. The Balaban J connectivity index is 2.86. The Morgan fingerprint density at radius 3 is 2.92 bits per heavy atom. The van der Waals surface area contributed by atoms with Crippen LogP contribution in [0.5, 0.6) is 0 Å². The highest BCUT2D eigenvalue weighted by molar-refractivity contribution is 5.69. The van der Waals surface area contributed by atoms with Gasteiger partial charge >= 0.3 is 0 Å². The topological polar surface area (TPSA) is 37.0 Å². The molecule has 0 amide bonds. The lowest BCUT2D eigenvalue weighted by Gasteiger charge is -2.09. The molecule has 0 aliphatic rings. The van der Waals surface area contributed by atoms with E-state index in [1.54, 1.807) is 18.5 Å². The lowest BCUT2D eigenvalue weighted by molar-refractivity contribution is 1.30. The van der Waals surface area contributed by atoms with Gasteiger partial charge in [0.1, 0.15) is 0 Å². The highest BCUT2D eigenvalue weighted by Gasteiger charge is 1.98. The summed E-state index contributed by atoms with van der Waals surface area (Å²) in [4.78, 5) is 4.00. The highest BCUT2D eigenvalue weighted by Crippen LogP contribution is 2.19. The van der Waals surface area contributed by atoms with Crippen LogP contribution in [0.15, 0.2) is 43.4 Å². The van der Waals surface area contributed by atoms with Crippen molar-refractivity contribution in [2.75, 3.05) is 17.7 Å². The number of anilines is 2. The van der Waals surface area contributed by atoms with Crippen LogP contribution in [0.3, 0.4) is 0 Å². The van der Waals surface area contributed by atoms with E-state index in [4.69, 9.17) is 0 Å². The van der Waals surface area contributed by atoms with Crippen molar-refractivity contribution in [3.8, 4) is 0 Å². The molecule has 0 saturated carbocycles. The van der Waals surface area contributed by atoms with E-state index in [-0.39, 0.29) is 0 Å². The van der Waals surface area contributed by atoms with Crippen LogP contribution < -0.4 is 10.6 Å². The van der Waals surface area contributed by atoms with Crippen LogP contribution in [0, 0.1) is 0 Å². The monoisotopic (exact) mass is 175 g/mol. The average molecular weight is 175 g/mol. The molecule has 0 radical (unpaired) electrons. The Morgan fingerprint density at radius 1 is 1.54 bits per heavy atom. The summed E-state index contributed by atoms with van der Waals surface area (Å²) < 4.78 is 0. The fourth-order valence-electron chi connectivity index (χ4n) is 0.936. The predicted molar refractivity (Wildman–Crippen MR) is 56.7 cm³/mol. The minimum Gasteiger partial charge on any atom is -0.386 e. The summed E-state index contributed by atoms with van der Waals surface area (Å²) in [6, 6.07) is 1.89. The van der Waals surface area contributed by atoms with Gasteiger partial charge in [0.15, 0.2) is 0 Å². The molecule has 68 valence electrons. The van der Waals surface area contributed by atoms with E-state index in [9.17, 15) is 0 Å². The Morgan fingerprint density at radius 2 is 2.31 bits per heavy atom. The molecule has 1 heterocycles. The quantitative estimate of drug-likeness (QED) is 0.689. The summed E-state index contributed by atoms with van der Waals surface area (Å²) in [7, 11) is 1.86. The summed E-state index contributed by atoms with van der Waals surface area (Å²) in [6.45, 7) is 7.37. The second-order valence-corrected chi connectivity index (χ2v) is 2.53. The molecule has 1 aromatic heterocycles. The summed E-state index contributed by atoms with van der Waals surface area (Å²) >= 11 is 0. The van der Waals surface area contributed by atoms with Crippen LogP contribution in [0.25, 0.3) is 0 Å². The summed E-state index contributed by atoms with van der Waals surface area (Å²) in [6.07, 6.45) is 5.13. The van der Waals surface area contributed by atoms with Crippen LogP contribution in [-0.4, -0.2) is 12.0 Å². The fourth-order valence-corrected chi connectivity index (χ4v) is 0.936. The Kier molecular flexibility index (Phi) is 3.09. The van der Waals surface area contributed by atoms with Crippen LogP contribution in [0.4, 0.5) is 11.4 Å². The molecule has 1 rings (SSSR count). The Bertz CT molecular complexity index is 318. The average Bonchev–Trinajstić information content (AvgIpc) is 2.18. The zero-order valence-corrected chi connectivity index (χ0v) is 7.67.